The van der Waals surface area contributed by atoms with Gasteiger partial charge in [0.2, 0.25) is 5.91 Å². The minimum absolute atomic E-state index is 0.00611. The van der Waals surface area contributed by atoms with E-state index in [9.17, 15) is 4.79 Å². The Morgan fingerprint density at radius 1 is 1.71 bits per heavy atom. The molecule has 2 N–H and O–H groups in total. The fraction of sp³-hybridized carbons (Fsp3) is 0.667. The Morgan fingerprint density at radius 3 is 3.18 bits per heavy atom. The van der Waals surface area contributed by atoms with Crippen LogP contribution in [-0.2, 0) is 11.3 Å². The third-order valence-corrected chi connectivity index (χ3v) is 3.32. The molecule has 1 fully saturated rings. The molecular weight excluding hydrogens is 218 g/mol. The van der Waals surface area contributed by atoms with E-state index in [0.29, 0.717) is 6.54 Å². The van der Waals surface area contributed by atoms with E-state index < -0.39 is 0 Å². The van der Waals surface area contributed by atoms with E-state index in [1.165, 1.54) is 6.26 Å². The maximum absolute atomic E-state index is 12.1. The van der Waals surface area contributed by atoms with Crippen LogP contribution in [0.5, 0.6) is 0 Å². The van der Waals surface area contributed by atoms with Crippen molar-refractivity contribution in [1.82, 2.24) is 15.8 Å². The molecule has 0 spiro atoms. The van der Waals surface area contributed by atoms with E-state index in [-0.39, 0.29) is 17.4 Å². The van der Waals surface area contributed by atoms with Crippen LogP contribution in [0.25, 0.3) is 0 Å². The minimum atomic E-state index is -0.122. The Bertz CT molecular complexity index is 373. The zero-order valence-electron chi connectivity index (χ0n) is 10.3. The van der Waals surface area contributed by atoms with E-state index in [4.69, 9.17) is 4.52 Å². The molecule has 0 saturated carbocycles. The summed E-state index contributed by atoms with van der Waals surface area (Å²) in [7, 11) is 0. The molecule has 1 amide bonds. The Labute approximate surface area is 101 Å². The van der Waals surface area contributed by atoms with Crippen LogP contribution >= 0.6 is 0 Å². The molecule has 2 heterocycles. The maximum atomic E-state index is 12.1. The monoisotopic (exact) mass is 237 g/mol. The number of rotatable bonds is 3. The van der Waals surface area contributed by atoms with Crippen molar-refractivity contribution in [3.8, 4) is 0 Å². The second kappa shape index (κ2) is 4.87. The van der Waals surface area contributed by atoms with Gasteiger partial charge in [-0.25, -0.2) is 0 Å². The Morgan fingerprint density at radius 2 is 2.53 bits per heavy atom. The summed E-state index contributed by atoms with van der Waals surface area (Å²) < 4.78 is 4.72. The lowest BCUT2D eigenvalue weighted by Crippen LogP contribution is -2.55. The van der Waals surface area contributed by atoms with Crippen LogP contribution in [0, 0.1) is 5.41 Å². The van der Waals surface area contributed by atoms with Crippen LogP contribution < -0.4 is 10.6 Å². The first-order valence-corrected chi connectivity index (χ1v) is 6.00. The van der Waals surface area contributed by atoms with Gasteiger partial charge in [0.15, 0.2) is 0 Å². The van der Waals surface area contributed by atoms with Gasteiger partial charge in [0.25, 0.3) is 0 Å². The highest BCUT2D eigenvalue weighted by molar-refractivity contribution is 5.82. The molecule has 17 heavy (non-hydrogen) atoms. The number of carbonyl (C=O) groups is 1. The van der Waals surface area contributed by atoms with Gasteiger partial charge in [-0.3, -0.25) is 4.79 Å². The fourth-order valence-electron chi connectivity index (χ4n) is 2.27. The molecule has 5 nitrogen and oxygen atoms in total. The van der Waals surface area contributed by atoms with Crippen LogP contribution in [0.1, 0.15) is 32.4 Å². The number of aromatic nitrogens is 1. The van der Waals surface area contributed by atoms with Gasteiger partial charge in [0.1, 0.15) is 12.0 Å². The zero-order valence-corrected chi connectivity index (χ0v) is 10.3. The molecule has 94 valence electrons. The molecule has 5 heteroatoms. The maximum Gasteiger partial charge on any atom is 0.238 e. The van der Waals surface area contributed by atoms with E-state index in [0.717, 1.165) is 25.1 Å². The summed E-state index contributed by atoms with van der Waals surface area (Å²) in [5, 5.41) is 9.93. The summed E-state index contributed by atoms with van der Waals surface area (Å²) in [6, 6.07) is 1.63. The number of amides is 1. The van der Waals surface area contributed by atoms with Crippen molar-refractivity contribution >= 4 is 5.91 Å². The average Bonchev–Trinajstić information content (AvgIpc) is 2.78. The van der Waals surface area contributed by atoms with E-state index in [1.807, 2.05) is 0 Å². The van der Waals surface area contributed by atoms with Crippen molar-refractivity contribution in [2.75, 3.05) is 6.54 Å². The summed E-state index contributed by atoms with van der Waals surface area (Å²) in [6.45, 7) is 5.58. The summed E-state index contributed by atoms with van der Waals surface area (Å²) in [4.78, 5) is 12.1. The number of hydrogen-bond donors (Lipinski definition) is 2. The molecule has 1 aliphatic rings. The first-order chi connectivity index (χ1) is 8.09. The molecule has 0 aliphatic carbocycles. The van der Waals surface area contributed by atoms with Gasteiger partial charge in [-0.15, -0.1) is 0 Å². The second-order valence-corrected chi connectivity index (χ2v) is 5.19. The van der Waals surface area contributed by atoms with Crippen molar-refractivity contribution in [2.45, 2.75) is 39.3 Å². The summed E-state index contributed by atoms with van der Waals surface area (Å²) in [5.74, 6) is 0.0395. The third kappa shape index (κ3) is 2.85. The first-order valence-electron chi connectivity index (χ1n) is 6.00. The summed E-state index contributed by atoms with van der Waals surface area (Å²) in [5.41, 5.74) is 0.749. The lowest BCUT2D eigenvalue weighted by molar-refractivity contribution is -0.127. The SMILES string of the molecule is CC1(C)CCCNC1C(=O)NCc1ccon1. The first kappa shape index (κ1) is 12.1. The summed E-state index contributed by atoms with van der Waals surface area (Å²) in [6.07, 6.45) is 3.70. The zero-order chi connectivity index (χ0) is 12.3. The molecule has 0 bridgehead atoms. The second-order valence-electron chi connectivity index (χ2n) is 5.19. The number of piperidine rings is 1. The normalized spacial score (nSPS) is 23.3. The molecule has 1 aliphatic heterocycles. The molecule has 1 atom stereocenters. The lowest BCUT2D eigenvalue weighted by atomic mass is 9.77. The van der Waals surface area contributed by atoms with Gasteiger partial charge in [0.05, 0.1) is 12.6 Å². The predicted molar refractivity (Wildman–Crippen MR) is 63.2 cm³/mol. The van der Waals surface area contributed by atoms with Gasteiger partial charge in [-0.1, -0.05) is 19.0 Å². The van der Waals surface area contributed by atoms with Crippen molar-refractivity contribution in [3.05, 3.63) is 18.0 Å². The van der Waals surface area contributed by atoms with Crippen molar-refractivity contribution in [2.24, 2.45) is 5.41 Å². The fourth-order valence-corrected chi connectivity index (χ4v) is 2.27. The molecule has 1 aromatic rings. The van der Waals surface area contributed by atoms with Gasteiger partial charge in [0, 0.05) is 6.07 Å². The average molecular weight is 237 g/mol. The van der Waals surface area contributed by atoms with Crippen molar-refractivity contribution in [1.29, 1.82) is 0 Å². The summed E-state index contributed by atoms with van der Waals surface area (Å²) >= 11 is 0. The topological polar surface area (TPSA) is 67.2 Å². The highest BCUT2D eigenvalue weighted by Crippen LogP contribution is 2.30. The van der Waals surface area contributed by atoms with Crippen LogP contribution in [0.4, 0.5) is 0 Å². The minimum Gasteiger partial charge on any atom is -0.364 e. The highest BCUT2D eigenvalue weighted by Gasteiger charge is 2.36. The molecule has 1 unspecified atom stereocenters. The van der Waals surface area contributed by atoms with E-state index in [2.05, 4.69) is 29.6 Å². The molecular formula is C12H19N3O2. The molecule has 1 saturated heterocycles. The number of nitrogens with zero attached hydrogens (tertiary/aromatic N) is 1. The smallest absolute Gasteiger partial charge is 0.238 e. The van der Waals surface area contributed by atoms with Gasteiger partial charge >= 0.3 is 0 Å². The Balaban J connectivity index is 1.90. The van der Waals surface area contributed by atoms with Gasteiger partial charge in [-0.05, 0) is 24.8 Å². The van der Waals surface area contributed by atoms with Crippen LogP contribution in [-0.4, -0.2) is 23.7 Å². The van der Waals surface area contributed by atoms with Gasteiger partial charge < -0.3 is 15.2 Å². The quantitative estimate of drug-likeness (QED) is 0.825. The van der Waals surface area contributed by atoms with Crippen LogP contribution in [0.3, 0.4) is 0 Å². The standard InChI is InChI=1S/C12H19N3O2/c1-12(2)5-3-6-13-10(12)11(16)14-8-9-4-7-17-15-9/h4,7,10,13H,3,5-6,8H2,1-2H3,(H,14,16). The molecule has 2 rings (SSSR count). The Hall–Kier alpha value is -1.36. The lowest BCUT2D eigenvalue weighted by Gasteiger charge is -2.38. The molecule has 1 aromatic heterocycles. The van der Waals surface area contributed by atoms with E-state index in [1.54, 1.807) is 6.07 Å². The van der Waals surface area contributed by atoms with Crippen LogP contribution in [0.15, 0.2) is 16.9 Å². The van der Waals surface area contributed by atoms with E-state index >= 15 is 0 Å². The predicted octanol–water partition coefficient (Wildman–Crippen LogP) is 1.07. The number of hydrogen-bond acceptors (Lipinski definition) is 4. The van der Waals surface area contributed by atoms with Gasteiger partial charge in [-0.2, -0.15) is 0 Å². The van der Waals surface area contributed by atoms with Crippen LogP contribution in [0.2, 0.25) is 0 Å². The van der Waals surface area contributed by atoms with Crippen molar-refractivity contribution in [3.63, 3.8) is 0 Å². The largest absolute Gasteiger partial charge is 0.364 e. The number of carbonyl (C=O) groups excluding carboxylic acids is 1. The highest BCUT2D eigenvalue weighted by atomic mass is 16.5. The molecule has 0 aromatic carbocycles. The number of nitrogens with one attached hydrogen (secondary N) is 2. The Kier molecular flexibility index (Phi) is 3.47. The molecule has 0 radical (unpaired) electrons. The van der Waals surface area contributed by atoms with Crippen molar-refractivity contribution < 1.29 is 9.32 Å². The third-order valence-electron chi connectivity index (χ3n) is 3.32.